The van der Waals surface area contributed by atoms with Crippen LogP contribution in [0.4, 0.5) is 0 Å². The Morgan fingerprint density at radius 2 is 1.00 bits per heavy atom. The van der Waals surface area contributed by atoms with E-state index in [1.807, 2.05) is 0 Å². The fraction of sp³-hybridized carbons (Fsp3) is 0. The van der Waals surface area contributed by atoms with Crippen molar-refractivity contribution in [1.82, 2.24) is 0 Å². The first kappa shape index (κ1) is 33.5. The summed E-state index contributed by atoms with van der Waals surface area (Å²) in [6, 6.07) is 0. The molecule has 0 aromatic rings. The maximum Gasteiger partial charge on any atom is 0.316 e. The fourth-order valence-corrected chi connectivity index (χ4v) is 0. The molecular weight excluding hydrogens is 190 g/mol. The van der Waals surface area contributed by atoms with E-state index in [0.717, 1.165) is 0 Å². The van der Waals surface area contributed by atoms with Crippen LogP contribution in [0.2, 0.25) is 0 Å². The molecule has 0 fully saturated rings. The van der Waals surface area contributed by atoms with Crippen LogP contribution >= 0.6 is 9.90 Å². The summed E-state index contributed by atoms with van der Waals surface area (Å²) in [5.74, 6) is 0. The van der Waals surface area contributed by atoms with E-state index in [1.165, 1.54) is 0 Å². The zero-order valence-corrected chi connectivity index (χ0v) is 3.58. The Balaban J connectivity index is 0. The van der Waals surface area contributed by atoms with Crippen molar-refractivity contribution in [2.24, 2.45) is 0 Å². The first-order valence-electron chi connectivity index (χ1n) is 0. The number of hydrogen-bond acceptors (Lipinski definition) is 0. The van der Waals surface area contributed by atoms with Crippen molar-refractivity contribution in [2.75, 3.05) is 0 Å². The van der Waals surface area contributed by atoms with E-state index in [1.54, 1.807) is 0 Å². The minimum Gasteiger partial charge on any atom is 0.316 e. The second kappa shape index (κ2) is 23.5. The molecule has 1 atom stereocenters. The Kier molecular flexibility index (Phi) is 157. The number of hydrogen-bond donors (Lipinski definition) is 0. The van der Waals surface area contributed by atoms with Gasteiger partial charge in [-0.05, 0) is 0 Å². The molecule has 0 aromatic heterocycles. The monoisotopic (exact) mass is 198 g/mol. The van der Waals surface area contributed by atoms with Crippen LogP contribution in [0.15, 0.2) is 0 Å². The third-order valence-corrected chi connectivity index (χ3v) is 0. The summed E-state index contributed by atoms with van der Waals surface area (Å²) in [5, 5.41) is 0. The minimum absolute atomic E-state index is 0. The third-order valence-electron chi connectivity index (χ3n) is 0. The summed E-state index contributed by atoms with van der Waals surface area (Å²) in [7, 11) is 0. The van der Waals surface area contributed by atoms with Gasteiger partial charge >= 0.3 is 112 Å². The molecule has 1 unspecified atom stereocenters. The molecule has 0 heterocycles. The Morgan fingerprint density at radius 1 is 1.00 bits per heavy atom. The van der Waals surface area contributed by atoms with Gasteiger partial charge in [-0.25, -0.2) is 0 Å². The van der Waals surface area contributed by atoms with Gasteiger partial charge in [0.05, 0.1) is 0 Å². The van der Waals surface area contributed by atoms with Crippen LogP contribution in [0.25, 0.3) is 0 Å². The second-order valence-electron chi connectivity index (χ2n) is 0. The van der Waals surface area contributed by atoms with Crippen molar-refractivity contribution in [2.45, 2.75) is 0 Å². The molecule has 0 radical (unpaired) electrons. The van der Waals surface area contributed by atoms with Crippen LogP contribution in [-0.2, 0) is 17.1 Å². The molecule has 0 aliphatic carbocycles. The fourth-order valence-electron chi connectivity index (χ4n) is 0. The van der Waals surface area contributed by atoms with Crippen molar-refractivity contribution >= 4 is 122 Å². The molecule has 0 rings (SSSR count). The molecule has 0 bridgehead atoms. The summed E-state index contributed by atoms with van der Waals surface area (Å²) in [6.07, 6.45) is 0. The first-order chi connectivity index (χ1) is 0. The average molecular weight is 198 g/mol. The largest absolute Gasteiger partial charge is 0.316 e. The molecule has 0 spiro atoms. The standard InChI is InChI=1S/Ca.Fe.K.Mg.H3P.5H/h;;;;1H3;;;;;. The maximum atomic E-state index is 0. The Labute approximate surface area is 135 Å². The van der Waals surface area contributed by atoms with Gasteiger partial charge in [0.25, 0.3) is 0 Å². The van der Waals surface area contributed by atoms with Crippen LogP contribution in [0.1, 0.15) is 0 Å². The van der Waals surface area contributed by atoms with Gasteiger partial charge in [0.2, 0.25) is 0 Å². The zero-order chi connectivity index (χ0) is 0. The summed E-state index contributed by atoms with van der Waals surface area (Å²) in [6.45, 7) is 0. The van der Waals surface area contributed by atoms with Gasteiger partial charge in [-0.1, -0.05) is 0 Å². The third kappa shape index (κ3) is 17.7. The Morgan fingerprint density at radius 3 is 1.00 bits per heavy atom. The zero-order valence-electron chi connectivity index (χ0n) is 1.06. The van der Waals surface area contributed by atoms with Crippen molar-refractivity contribution in [3.05, 3.63) is 0 Å². The van der Waals surface area contributed by atoms with E-state index < -0.39 is 0 Å². The van der Waals surface area contributed by atoms with Crippen LogP contribution in [0, 0.1) is 0 Å². The van der Waals surface area contributed by atoms with Gasteiger partial charge in [0.15, 0.2) is 0 Å². The van der Waals surface area contributed by atoms with E-state index in [9.17, 15) is 0 Å². The molecule has 0 amide bonds. The summed E-state index contributed by atoms with van der Waals surface area (Å²) in [5.41, 5.74) is 0. The quantitative estimate of drug-likeness (QED) is 0.300. The molecule has 0 aliphatic rings. The molecule has 0 saturated carbocycles. The van der Waals surface area contributed by atoms with Crippen LogP contribution in [-0.4, -0.2) is 112 Å². The average Bonchev–Trinajstić information content (AvgIpc) is 0. The summed E-state index contributed by atoms with van der Waals surface area (Å²) in [4.78, 5) is 0. The van der Waals surface area contributed by atoms with Gasteiger partial charge in [0, 0.05) is 17.1 Å². The Hall–Kier alpha value is 4.61. The van der Waals surface area contributed by atoms with E-state index in [0.29, 0.717) is 0 Å². The van der Waals surface area contributed by atoms with Crippen molar-refractivity contribution in [3.8, 4) is 0 Å². The van der Waals surface area contributed by atoms with Gasteiger partial charge in [-0.3, -0.25) is 0 Å². The van der Waals surface area contributed by atoms with E-state index in [2.05, 4.69) is 0 Å². The molecule has 0 nitrogen and oxygen atoms in total. The van der Waals surface area contributed by atoms with E-state index in [4.69, 9.17) is 0 Å². The predicted octanol–water partition coefficient (Wildman–Crippen LogP) is -2.43. The first-order valence-corrected chi connectivity index (χ1v) is 0. The van der Waals surface area contributed by atoms with Gasteiger partial charge in [0.1, 0.15) is 0 Å². The number of rotatable bonds is 0. The summed E-state index contributed by atoms with van der Waals surface area (Å²) >= 11 is 0. The van der Waals surface area contributed by atoms with Gasteiger partial charge in [-0.2, -0.15) is 9.90 Å². The predicted molar refractivity (Wildman–Crippen MR) is 35.3 cm³/mol. The molecule has 0 aliphatic heterocycles. The van der Waals surface area contributed by atoms with Crippen LogP contribution < -0.4 is 0 Å². The van der Waals surface area contributed by atoms with Gasteiger partial charge in [-0.15, -0.1) is 0 Å². The van der Waals surface area contributed by atoms with E-state index in [-0.39, 0.29) is 139 Å². The molecule has 0 saturated heterocycles. The minimum atomic E-state index is 0. The Bertz CT molecular complexity index is 11.6. The molecule has 5 heavy (non-hydrogen) atoms. The normalized spacial score (nSPS) is 0. The SMILES string of the molecule is P.[CaH2].[Fe].[KH].[MgH2]. The molecule has 0 N–H and O–H groups in total. The molecular formula is H8CaFeKMgP. The molecule has 5 heteroatoms. The molecule has 26 valence electrons. The van der Waals surface area contributed by atoms with Gasteiger partial charge < -0.3 is 0 Å². The maximum absolute atomic E-state index is 0. The smallest absolute Gasteiger partial charge is 0.316 e. The van der Waals surface area contributed by atoms with Crippen LogP contribution in [0.3, 0.4) is 0 Å². The van der Waals surface area contributed by atoms with E-state index >= 15 is 0 Å². The molecule has 0 aromatic carbocycles. The van der Waals surface area contributed by atoms with Crippen molar-refractivity contribution in [3.63, 3.8) is 0 Å². The second-order valence-corrected chi connectivity index (χ2v) is 0. The van der Waals surface area contributed by atoms with Crippen molar-refractivity contribution in [1.29, 1.82) is 0 Å². The van der Waals surface area contributed by atoms with Crippen molar-refractivity contribution < 1.29 is 17.1 Å². The summed E-state index contributed by atoms with van der Waals surface area (Å²) < 4.78 is 0. The topological polar surface area (TPSA) is 0 Å². The van der Waals surface area contributed by atoms with Crippen LogP contribution in [0.5, 0.6) is 0 Å².